The van der Waals surface area contributed by atoms with Crippen molar-refractivity contribution in [1.82, 2.24) is 10.2 Å². The summed E-state index contributed by atoms with van der Waals surface area (Å²) in [6.45, 7) is 7.33. The molecular formula is C19H28ClFN2O2. The molecule has 0 aromatic heterocycles. The van der Waals surface area contributed by atoms with Crippen LogP contribution in [-0.4, -0.2) is 42.8 Å². The highest BCUT2D eigenvalue weighted by atomic mass is 35.5. The van der Waals surface area contributed by atoms with E-state index in [0.29, 0.717) is 11.5 Å². The van der Waals surface area contributed by atoms with Gasteiger partial charge in [0.05, 0.1) is 0 Å². The van der Waals surface area contributed by atoms with E-state index >= 15 is 0 Å². The molecular weight excluding hydrogens is 343 g/mol. The van der Waals surface area contributed by atoms with Crippen molar-refractivity contribution >= 4 is 24.1 Å². The first-order valence-electron chi connectivity index (χ1n) is 8.79. The van der Waals surface area contributed by atoms with Gasteiger partial charge in [0, 0.05) is 31.0 Å². The SMILES string of the molecule is CCNCC1CCN(C(=O)CC(C)C(=O)c2cccc(F)c2)CC1.Cl. The number of benzene rings is 1. The van der Waals surface area contributed by atoms with Gasteiger partial charge in [0.15, 0.2) is 5.78 Å². The van der Waals surface area contributed by atoms with Crippen molar-refractivity contribution in [1.29, 1.82) is 0 Å². The van der Waals surface area contributed by atoms with Gasteiger partial charge in [0.2, 0.25) is 5.91 Å². The third-order valence-corrected chi connectivity index (χ3v) is 4.69. The molecule has 6 heteroatoms. The topological polar surface area (TPSA) is 49.4 Å². The highest BCUT2D eigenvalue weighted by Gasteiger charge is 2.26. The Hall–Kier alpha value is -1.46. The fourth-order valence-corrected chi connectivity index (χ4v) is 3.14. The lowest BCUT2D eigenvalue weighted by Gasteiger charge is -2.32. The zero-order valence-electron chi connectivity index (χ0n) is 15.0. The van der Waals surface area contributed by atoms with E-state index in [-0.39, 0.29) is 30.5 Å². The number of halogens is 2. The highest BCUT2D eigenvalue weighted by molar-refractivity contribution is 5.99. The van der Waals surface area contributed by atoms with E-state index in [0.717, 1.165) is 39.0 Å². The second kappa shape index (κ2) is 10.5. The Morgan fingerprint density at radius 1 is 1.32 bits per heavy atom. The number of rotatable bonds is 7. The number of hydrogen-bond acceptors (Lipinski definition) is 3. The molecule has 0 aliphatic carbocycles. The van der Waals surface area contributed by atoms with E-state index in [4.69, 9.17) is 0 Å². The minimum atomic E-state index is -0.432. The molecule has 1 aliphatic heterocycles. The Morgan fingerprint density at radius 2 is 2.00 bits per heavy atom. The van der Waals surface area contributed by atoms with E-state index in [1.54, 1.807) is 13.0 Å². The maximum atomic E-state index is 13.2. The van der Waals surface area contributed by atoms with E-state index in [1.165, 1.54) is 18.2 Å². The van der Waals surface area contributed by atoms with Crippen LogP contribution in [0.15, 0.2) is 24.3 Å². The van der Waals surface area contributed by atoms with Crippen LogP contribution in [-0.2, 0) is 4.79 Å². The van der Waals surface area contributed by atoms with Crippen LogP contribution in [0.1, 0.15) is 43.5 Å². The van der Waals surface area contributed by atoms with E-state index in [1.807, 2.05) is 4.90 Å². The molecule has 1 atom stereocenters. The molecule has 1 heterocycles. The van der Waals surface area contributed by atoms with Crippen molar-refractivity contribution in [2.45, 2.75) is 33.1 Å². The Kier molecular flexibility index (Phi) is 9.08. The van der Waals surface area contributed by atoms with Crippen LogP contribution in [0.4, 0.5) is 4.39 Å². The van der Waals surface area contributed by atoms with Gasteiger partial charge in [-0.1, -0.05) is 26.0 Å². The normalized spacial score (nSPS) is 16.2. The smallest absolute Gasteiger partial charge is 0.223 e. The summed E-state index contributed by atoms with van der Waals surface area (Å²) in [5.41, 5.74) is 0.333. The fourth-order valence-electron chi connectivity index (χ4n) is 3.14. The van der Waals surface area contributed by atoms with Crippen LogP contribution in [0.25, 0.3) is 0 Å². The third-order valence-electron chi connectivity index (χ3n) is 4.69. The standard InChI is InChI=1S/C19H27FN2O2.ClH/c1-3-21-13-15-7-9-22(10-8-15)18(23)11-14(2)19(24)16-5-4-6-17(20)12-16;/h4-6,12,14-15,21H,3,7-11,13H2,1-2H3;1H. The number of ketones is 1. The number of amides is 1. The molecule has 0 saturated carbocycles. The van der Waals surface area contributed by atoms with E-state index < -0.39 is 11.7 Å². The van der Waals surface area contributed by atoms with Crippen molar-refractivity contribution in [3.63, 3.8) is 0 Å². The van der Waals surface area contributed by atoms with Crippen LogP contribution in [0.2, 0.25) is 0 Å². The maximum absolute atomic E-state index is 13.2. The van der Waals surface area contributed by atoms with Gasteiger partial charge < -0.3 is 10.2 Å². The number of Topliss-reactive ketones (excluding diaryl/α,β-unsaturated/α-hetero) is 1. The first-order valence-corrected chi connectivity index (χ1v) is 8.79. The molecule has 0 bridgehead atoms. The average Bonchev–Trinajstić information content (AvgIpc) is 2.59. The molecule has 1 aliphatic rings. The molecule has 1 aromatic rings. The summed E-state index contributed by atoms with van der Waals surface area (Å²) in [6.07, 6.45) is 2.20. The number of carbonyl (C=O) groups excluding carboxylic acids is 2. The molecule has 0 radical (unpaired) electrons. The minimum absolute atomic E-state index is 0. The molecule has 1 unspecified atom stereocenters. The first-order chi connectivity index (χ1) is 11.5. The monoisotopic (exact) mass is 370 g/mol. The Bertz CT molecular complexity index is 574. The number of piperidine rings is 1. The predicted molar refractivity (Wildman–Crippen MR) is 99.6 cm³/mol. The van der Waals surface area contributed by atoms with Gasteiger partial charge in [-0.15, -0.1) is 12.4 Å². The van der Waals surface area contributed by atoms with E-state index in [2.05, 4.69) is 12.2 Å². The van der Waals surface area contributed by atoms with Gasteiger partial charge in [-0.25, -0.2) is 4.39 Å². The van der Waals surface area contributed by atoms with Crippen LogP contribution < -0.4 is 5.32 Å². The molecule has 1 fully saturated rings. The zero-order chi connectivity index (χ0) is 17.5. The lowest BCUT2D eigenvalue weighted by atomic mass is 9.93. The second-order valence-electron chi connectivity index (χ2n) is 6.61. The van der Waals surface area contributed by atoms with E-state index in [9.17, 15) is 14.0 Å². The number of likely N-dealkylation sites (tertiary alicyclic amines) is 1. The molecule has 1 amide bonds. The Labute approximate surface area is 155 Å². The second-order valence-corrected chi connectivity index (χ2v) is 6.61. The first kappa shape index (κ1) is 21.6. The van der Waals surface area contributed by atoms with Gasteiger partial charge in [-0.3, -0.25) is 9.59 Å². The van der Waals surface area contributed by atoms with Gasteiger partial charge in [0.1, 0.15) is 5.82 Å². The fraction of sp³-hybridized carbons (Fsp3) is 0.579. The Morgan fingerprint density at radius 3 is 2.60 bits per heavy atom. The largest absolute Gasteiger partial charge is 0.343 e. The summed E-state index contributed by atoms with van der Waals surface area (Å²) in [6, 6.07) is 5.66. The quantitative estimate of drug-likeness (QED) is 0.749. The average molecular weight is 371 g/mol. The summed E-state index contributed by atoms with van der Waals surface area (Å²) in [4.78, 5) is 26.6. The number of carbonyl (C=O) groups is 2. The highest BCUT2D eigenvalue weighted by Crippen LogP contribution is 2.20. The van der Waals surface area contributed by atoms with Crippen molar-refractivity contribution in [3.8, 4) is 0 Å². The lowest BCUT2D eigenvalue weighted by molar-refractivity contribution is -0.133. The molecule has 2 rings (SSSR count). The summed E-state index contributed by atoms with van der Waals surface area (Å²) >= 11 is 0. The number of nitrogens with one attached hydrogen (secondary N) is 1. The summed E-state index contributed by atoms with van der Waals surface area (Å²) in [5.74, 6) is -0.389. The molecule has 25 heavy (non-hydrogen) atoms. The van der Waals surface area contributed by atoms with Gasteiger partial charge in [0.25, 0.3) is 0 Å². The molecule has 0 spiro atoms. The van der Waals surface area contributed by atoms with Crippen LogP contribution in [0.3, 0.4) is 0 Å². The third kappa shape index (κ3) is 6.40. The lowest BCUT2D eigenvalue weighted by Crippen LogP contribution is -2.41. The van der Waals surface area contributed by atoms with Gasteiger partial charge in [-0.2, -0.15) is 0 Å². The Balaban J connectivity index is 0.00000312. The zero-order valence-corrected chi connectivity index (χ0v) is 15.8. The van der Waals surface area contributed by atoms with Crippen molar-refractivity contribution in [3.05, 3.63) is 35.6 Å². The van der Waals surface area contributed by atoms with Crippen LogP contribution in [0.5, 0.6) is 0 Å². The molecule has 1 saturated heterocycles. The number of nitrogens with zero attached hydrogens (tertiary/aromatic N) is 1. The van der Waals surface area contributed by atoms with Gasteiger partial charge >= 0.3 is 0 Å². The molecule has 4 nitrogen and oxygen atoms in total. The summed E-state index contributed by atoms with van der Waals surface area (Å²) in [5, 5.41) is 3.35. The van der Waals surface area contributed by atoms with Crippen molar-refractivity contribution < 1.29 is 14.0 Å². The summed E-state index contributed by atoms with van der Waals surface area (Å²) < 4.78 is 13.2. The predicted octanol–water partition coefficient (Wildman–Crippen LogP) is 3.30. The molecule has 1 aromatic carbocycles. The minimum Gasteiger partial charge on any atom is -0.343 e. The van der Waals surface area contributed by atoms with Crippen LogP contribution in [0, 0.1) is 17.7 Å². The van der Waals surface area contributed by atoms with Crippen molar-refractivity contribution in [2.24, 2.45) is 11.8 Å². The van der Waals surface area contributed by atoms with Crippen LogP contribution >= 0.6 is 12.4 Å². The molecule has 1 N–H and O–H groups in total. The number of hydrogen-bond donors (Lipinski definition) is 1. The van der Waals surface area contributed by atoms with Crippen molar-refractivity contribution in [2.75, 3.05) is 26.2 Å². The van der Waals surface area contributed by atoms with Gasteiger partial charge in [-0.05, 0) is 44.0 Å². The summed E-state index contributed by atoms with van der Waals surface area (Å²) in [7, 11) is 0. The molecule has 140 valence electrons. The maximum Gasteiger partial charge on any atom is 0.223 e.